The first-order valence-corrected chi connectivity index (χ1v) is 9.33. The van der Waals surface area contributed by atoms with E-state index in [0.717, 1.165) is 36.1 Å². The predicted molar refractivity (Wildman–Crippen MR) is 105 cm³/mol. The van der Waals surface area contributed by atoms with Gasteiger partial charge in [0, 0.05) is 23.2 Å². The maximum atomic E-state index is 12.6. The molecule has 1 aromatic rings. The number of anilines is 1. The first-order chi connectivity index (χ1) is 11.5. The van der Waals surface area contributed by atoms with Crippen molar-refractivity contribution in [3.8, 4) is 0 Å². The molecule has 1 aromatic carbocycles. The number of amides is 2. The average molecular weight is 431 g/mol. The van der Waals surface area contributed by atoms with Crippen molar-refractivity contribution in [3.05, 3.63) is 28.7 Å². The van der Waals surface area contributed by atoms with Crippen LogP contribution in [0.5, 0.6) is 0 Å². The van der Waals surface area contributed by atoms with Crippen LogP contribution in [0.4, 0.5) is 5.69 Å². The molecule has 2 N–H and O–H groups in total. The smallest absolute Gasteiger partial charge is 0.239 e. The largest absolute Gasteiger partial charge is 0.355 e. The number of hydrogen-bond donors (Lipinski definition) is 2. The normalized spacial score (nSPS) is 22.4. The number of nitrogens with zero attached hydrogens (tertiary/aromatic N) is 1. The first kappa shape index (κ1) is 20.2. The summed E-state index contributed by atoms with van der Waals surface area (Å²) in [6.07, 6.45) is 2.68. The van der Waals surface area contributed by atoms with Gasteiger partial charge in [0.05, 0.1) is 0 Å². The van der Waals surface area contributed by atoms with Crippen molar-refractivity contribution < 1.29 is 9.59 Å². The number of hydrogen-bond acceptors (Lipinski definition) is 3. The summed E-state index contributed by atoms with van der Waals surface area (Å²) in [6.45, 7) is 5.43. The zero-order valence-electron chi connectivity index (χ0n) is 14.4. The van der Waals surface area contributed by atoms with Gasteiger partial charge in [0.25, 0.3) is 0 Å². The number of nitrogens with one attached hydrogen (secondary N) is 2. The highest BCUT2D eigenvalue weighted by Gasteiger charge is 2.38. The van der Waals surface area contributed by atoms with Crippen molar-refractivity contribution in [2.24, 2.45) is 11.3 Å². The Bertz CT molecular complexity index is 635. The second-order valence-electron chi connectivity index (χ2n) is 7.09. The lowest BCUT2D eigenvalue weighted by atomic mass is 9.81. The van der Waals surface area contributed by atoms with Gasteiger partial charge in [-0.15, -0.1) is 12.4 Å². The van der Waals surface area contributed by atoms with Crippen LogP contribution in [0.15, 0.2) is 28.7 Å². The Hall–Kier alpha value is -1.11. The van der Waals surface area contributed by atoms with Crippen LogP contribution in [0.1, 0.15) is 26.2 Å². The molecule has 7 heteroatoms. The summed E-state index contributed by atoms with van der Waals surface area (Å²) in [5.41, 5.74) is 0.974. The fourth-order valence-corrected chi connectivity index (χ4v) is 3.84. The van der Waals surface area contributed by atoms with E-state index in [2.05, 4.69) is 33.5 Å². The molecule has 5 nitrogen and oxygen atoms in total. The van der Waals surface area contributed by atoms with Crippen LogP contribution in [0.25, 0.3) is 0 Å². The maximum absolute atomic E-state index is 12.6. The summed E-state index contributed by atoms with van der Waals surface area (Å²) < 4.78 is 0.930. The minimum absolute atomic E-state index is 0. The molecule has 2 aliphatic heterocycles. The third-order valence-corrected chi connectivity index (χ3v) is 5.64. The van der Waals surface area contributed by atoms with E-state index in [1.807, 2.05) is 24.3 Å². The average Bonchev–Trinajstić information content (AvgIpc) is 2.95. The summed E-state index contributed by atoms with van der Waals surface area (Å²) >= 11 is 3.43. The molecule has 0 aromatic heterocycles. The summed E-state index contributed by atoms with van der Waals surface area (Å²) in [4.78, 5) is 26.8. The highest BCUT2D eigenvalue weighted by Crippen LogP contribution is 2.29. The lowest BCUT2D eigenvalue weighted by Gasteiger charge is -2.34. The molecule has 1 atom stereocenters. The van der Waals surface area contributed by atoms with E-state index >= 15 is 0 Å². The number of benzene rings is 1. The summed E-state index contributed by atoms with van der Waals surface area (Å²) in [6, 6.07) is 7.64. The van der Waals surface area contributed by atoms with E-state index in [1.165, 1.54) is 0 Å². The quantitative estimate of drug-likeness (QED) is 0.722. The number of carbonyl (C=O) groups is 2. The monoisotopic (exact) mass is 429 g/mol. The molecule has 2 aliphatic rings. The van der Waals surface area contributed by atoms with Crippen molar-refractivity contribution >= 4 is 45.8 Å². The van der Waals surface area contributed by atoms with E-state index in [-0.39, 0.29) is 29.6 Å². The van der Waals surface area contributed by atoms with Crippen molar-refractivity contribution in [2.75, 3.05) is 31.1 Å². The Labute approximate surface area is 163 Å². The molecule has 2 amide bonds. The topological polar surface area (TPSA) is 61.4 Å². The highest BCUT2D eigenvalue weighted by molar-refractivity contribution is 9.10. The van der Waals surface area contributed by atoms with Crippen LogP contribution in [0, 0.1) is 11.3 Å². The third kappa shape index (κ3) is 4.74. The lowest BCUT2D eigenvalue weighted by Crippen LogP contribution is -2.45. The zero-order chi connectivity index (χ0) is 17.2. The molecule has 2 fully saturated rings. The molecule has 0 aliphatic carbocycles. The predicted octanol–water partition coefficient (Wildman–Crippen LogP) is 2.73. The Morgan fingerprint density at radius 3 is 2.80 bits per heavy atom. The van der Waals surface area contributed by atoms with E-state index in [4.69, 9.17) is 0 Å². The number of carbonyl (C=O) groups excluding carboxylic acids is 2. The van der Waals surface area contributed by atoms with Gasteiger partial charge in [0.15, 0.2) is 0 Å². The summed E-state index contributed by atoms with van der Waals surface area (Å²) in [5.74, 6) is -0.785. The number of piperidine rings is 1. The maximum Gasteiger partial charge on any atom is 0.239 e. The van der Waals surface area contributed by atoms with E-state index in [9.17, 15) is 9.59 Å². The Morgan fingerprint density at radius 1 is 1.40 bits per heavy atom. The van der Waals surface area contributed by atoms with Gasteiger partial charge in [-0.05, 0) is 56.0 Å². The highest BCUT2D eigenvalue weighted by atomic mass is 79.9. The Kier molecular flexibility index (Phi) is 6.88. The molecule has 1 unspecified atom stereocenters. The first-order valence-electron chi connectivity index (χ1n) is 8.54. The third-order valence-electron chi connectivity index (χ3n) is 5.14. The Balaban J connectivity index is 0.00000225. The second kappa shape index (κ2) is 8.52. The van der Waals surface area contributed by atoms with Gasteiger partial charge in [-0.3, -0.25) is 9.59 Å². The van der Waals surface area contributed by atoms with Crippen LogP contribution < -0.4 is 15.5 Å². The second-order valence-corrected chi connectivity index (χ2v) is 8.01. The fourth-order valence-electron chi connectivity index (χ4n) is 3.45. The SMILES string of the molecule is CC1(CNC(=O)C2CCN(c3cccc(Br)c3)C2=O)CCNCC1.Cl. The lowest BCUT2D eigenvalue weighted by molar-refractivity contribution is -0.132. The van der Waals surface area contributed by atoms with Crippen LogP contribution in [0.2, 0.25) is 0 Å². The molecule has 25 heavy (non-hydrogen) atoms. The van der Waals surface area contributed by atoms with Gasteiger partial charge < -0.3 is 15.5 Å². The van der Waals surface area contributed by atoms with Crippen LogP contribution in [-0.2, 0) is 9.59 Å². The Morgan fingerprint density at radius 2 is 2.12 bits per heavy atom. The van der Waals surface area contributed by atoms with Gasteiger partial charge in [-0.2, -0.15) is 0 Å². The molecule has 0 radical (unpaired) electrons. The molecular weight excluding hydrogens is 406 g/mol. The van der Waals surface area contributed by atoms with Gasteiger partial charge in [-0.1, -0.05) is 28.9 Å². The van der Waals surface area contributed by atoms with Crippen molar-refractivity contribution in [1.29, 1.82) is 0 Å². The van der Waals surface area contributed by atoms with Gasteiger partial charge in [0.2, 0.25) is 11.8 Å². The molecular formula is C18H25BrClN3O2. The van der Waals surface area contributed by atoms with Crippen LogP contribution >= 0.6 is 28.3 Å². The van der Waals surface area contributed by atoms with Gasteiger partial charge >= 0.3 is 0 Å². The fraction of sp³-hybridized carbons (Fsp3) is 0.556. The molecule has 0 bridgehead atoms. The van der Waals surface area contributed by atoms with Crippen LogP contribution in [-0.4, -0.2) is 38.0 Å². The number of rotatable bonds is 4. The van der Waals surface area contributed by atoms with Crippen molar-refractivity contribution in [1.82, 2.24) is 10.6 Å². The van der Waals surface area contributed by atoms with E-state index < -0.39 is 5.92 Å². The van der Waals surface area contributed by atoms with Crippen LogP contribution in [0.3, 0.4) is 0 Å². The molecule has 0 spiro atoms. The molecule has 3 rings (SSSR count). The van der Waals surface area contributed by atoms with E-state index in [0.29, 0.717) is 19.5 Å². The molecule has 138 valence electrons. The molecule has 2 saturated heterocycles. The minimum Gasteiger partial charge on any atom is -0.355 e. The van der Waals surface area contributed by atoms with E-state index in [1.54, 1.807) is 4.90 Å². The summed E-state index contributed by atoms with van der Waals surface area (Å²) in [7, 11) is 0. The molecule has 2 heterocycles. The zero-order valence-corrected chi connectivity index (χ0v) is 16.8. The minimum atomic E-state index is -0.561. The van der Waals surface area contributed by atoms with Gasteiger partial charge in [-0.25, -0.2) is 0 Å². The summed E-state index contributed by atoms with van der Waals surface area (Å²) in [5, 5.41) is 6.37. The molecule has 0 saturated carbocycles. The van der Waals surface area contributed by atoms with Gasteiger partial charge in [0.1, 0.15) is 5.92 Å². The van der Waals surface area contributed by atoms with Crippen molar-refractivity contribution in [2.45, 2.75) is 26.2 Å². The van der Waals surface area contributed by atoms with Crippen molar-refractivity contribution in [3.63, 3.8) is 0 Å². The standard InChI is InChI=1S/C18H24BrN3O2.ClH/c1-18(6-8-20-9-7-18)12-21-16(23)15-5-10-22(17(15)24)14-4-2-3-13(19)11-14;/h2-4,11,15,20H,5-10,12H2,1H3,(H,21,23);1H. The number of halogens is 2.